The van der Waals surface area contributed by atoms with Gasteiger partial charge in [0.1, 0.15) is 5.75 Å². The third-order valence-electron chi connectivity index (χ3n) is 2.21. The first-order valence-corrected chi connectivity index (χ1v) is 5.45. The van der Waals surface area contributed by atoms with E-state index in [0.717, 1.165) is 0 Å². The van der Waals surface area contributed by atoms with Crippen LogP contribution in [0.3, 0.4) is 0 Å². The Hall–Kier alpha value is -2.02. The molecule has 1 unspecified atom stereocenters. The molecule has 1 rings (SSSR count). The summed E-state index contributed by atoms with van der Waals surface area (Å²) in [5, 5.41) is 22.0. The minimum atomic E-state index is -0.644. The van der Waals surface area contributed by atoms with Crippen molar-refractivity contribution in [1.29, 1.82) is 0 Å². The summed E-state index contributed by atoms with van der Waals surface area (Å²) in [6.45, 7) is 1.78. The van der Waals surface area contributed by atoms with E-state index in [2.05, 4.69) is 5.16 Å². The summed E-state index contributed by atoms with van der Waals surface area (Å²) in [5.41, 5.74) is 5.29. The average molecular weight is 274 g/mol. The molecular weight excluding hydrogens is 262 g/mol. The number of nitro benzene ring substituents is 1. The summed E-state index contributed by atoms with van der Waals surface area (Å²) in [5.74, 6) is 0.146. The molecule has 0 saturated heterocycles. The molecule has 0 radical (unpaired) electrons. The Bertz CT molecular complexity index is 478. The minimum absolute atomic E-state index is 0.0908. The number of non-ortho nitro benzene ring substituents is 1. The van der Waals surface area contributed by atoms with Crippen molar-refractivity contribution in [3.63, 3.8) is 0 Å². The number of benzene rings is 1. The second kappa shape index (κ2) is 6.06. The van der Waals surface area contributed by atoms with Gasteiger partial charge in [0.25, 0.3) is 5.69 Å². The number of nitrogens with zero attached hydrogens (tertiary/aromatic N) is 2. The standard InChI is InChI=1S/C10H12ClN3O4/c1-2-8(10(12)13-15)18-9-4-3-6(14(16)17)5-7(9)11/h3-5,8,15H,2H2,1H3,(H2,12,13). The van der Waals surface area contributed by atoms with Crippen LogP contribution >= 0.6 is 11.6 Å². The molecule has 0 saturated carbocycles. The second-order valence-electron chi connectivity index (χ2n) is 3.41. The molecule has 0 aliphatic carbocycles. The van der Waals surface area contributed by atoms with Crippen LogP contribution in [0.4, 0.5) is 5.69 Å². The van der Waals surface area contributed by atoms with Crippen LogP contribution in [0.2, 0.25) is 5.02 Å². The fraction of sp³-hybridized carbons (Fsp3) is 0.300. The number of hydrogen-bond acceptors (Lipinski definition) is 5. The Kier molecular flexibility index (Phi) is 4.73. The summed E-state index contributed by atoms with van der Waals surface area (Å²) in [7, 11) is 0. The van der Waals surface area contributed by atoms with E-state index in [1.54, 1.807) is 6.92 Å². The smallest absolute Gasteiger partial charge is 0.271 e. The van der Waals surface area contributed by atoms with Crippen molar-refractivity contribution in [3.8, 4) is 5.75 Å². The third-order valence-corrected chi connectivity index (χ3v) is 2.51. The third kappa shape index (κ3) is 3.24. The monoisotopic (exact) mass is 273 g/mol. The highest BCUT2D eigenvalue weighted by Crippen LogP contribution is 2.29. The Morgan fingerprint density at radius 2 is 2.39 bits per heavy atom. The summed E-state index contributed by atoms with van der Waals surface area (Å²) in [6, 6.07) is 3.81. The maximum absolute atomic E-state index is 10.5. The largest absolute Gasteiger partial charge is 0.481 e. The lowest BCUT2D eigenvalue weighted by molar-refractivity contribution is -0.384. The van der Waals surface area contributed by atoms with Gasteiger partial charge in [0.05, 0.1) is 9.95 Å². The quantitative estimate of drug-likeness (QED) is 0.281. The van der Waals surface area contributed by atoms with Gasteiger partial charge in [-0.05, 0) is 12.5 Å². The van der Waals surface area contributed by atoms with Crippen LogP contribution in [-0.2, 0) is 0 Å². The van der Waals surface area contributed by atoms with Gasteiger partial charge >= 0.3 is 0 Å². The molecule has 0 aliphatic rings. The van der Waals surface area contributed by atoms with E-state index in [1.165, 1.54) is 18.2 Å². The molecule has 0 amide bonds. The van der Waals surface area contributed by atoms with Crippen molar-refractivity contribution in [1.82, 2.24) is 0 Å². The van der Waals surface area contributed by atoms with Crippen LogP contribution in [0.25, 0.3) is 0 Å². The number of rotatable bonds is 5. The van der Waals surface area contributed by atoms with E-state index in [9.17, 15) is 10.1 Å². The topological polar surface area (TPSA) is 111 Å². The van der Waals surface area contributed by atoms with Crippen LogP contribution in [0.5, 0.6) is 5.75 Å². The van der Waals surface area contributed by atoms with Crippen LogP contribution < -0.4 is 10.5 Å². The number of amidine groups is 1. The maximum atomic E-state index is 10.5. The molecular formula is C10H12ClN3O4. The fourth-order valence-corrected chi connectivity index (χ4v) is 1.49. The highest BCUT2D eigenvalue weighted by atomic mass is 35.5. The SMILES string of the molecule is CCC(Oc1ccc([N+](=O)[O-])cc1Cl)C(N)=NO. The number of nitrogens with two attached hydrogens (primary N) is 1. The molecule has 1 aromatic carbocycles. The van der Waals surface area contributed by atoms with Gasteiger partial charge in [0, 0.05) is 12.1 Å². The molecule has 0 bridgehead atoms. The number of hydrogen-bond donors (Lipinski definition) is 2. The first-order chi connectivity index (χ1) is 8.49. The van der Waals surface area contributed by atoms with Crippen molar-refractivity contribution in [2.75, 3.05) is 0 Å². The molecule has 7 nitrogen and oxygen atoms in total. The molecule has 3 N–H and O–H groups in total. The zero-order chi connectivity index (χ0) is 13.7. The van der Waals surface area contributed by atoms with Crippen molar-refractivity contribution in [2.45, 2.75) is 19.4 Å². The summed E-state index contributed by atoms with van der Waals surface area (Å²) in [4.78, 5) is 9.97. The van der Waals surface area contributed by atoms with Gasteiger partial charge in [-0.3, -0.25) is 10.1 Å². The van der Waals surface area contributed by atoms with Gasteiger partial charge in [-0.1, -0.05) is 23.7 Å². The first-order valence-electron chi connectivity index (χ1n) is 5.07. The lowest BCUT2D eigenvalue weighted by Crippen LogP contribution is -2.33. The number of ether oxygens (including phenoxy) is 1. The Labute approximate surface area is 108 Å². The van der Waals surface area contributed by atoms with Crippen molar-refractivity contribution >= 4 is 23.1 Å². The molecule has 0 heterocycles. The van der Waals surface area contributed by atoms with Crippen LogP contribution in [0.1, 0.15) is 13.3 Å². The fourth-order valence-electron chi connectivity index (χ4n) is 1.27. The minimum Gasteiger partial charge on any atom is -0.481 e. The van der Waals surface area contributed by atoms with Crippen molar-refractivity contribution < 1.29 is 14.9 Å². The van der Waals surface area contributed by atoms with Crippen LogP contribution in [0.15, 0.2) is 23.4 Å². The highest BCUT2D eigenvalue weighted by Gasteiger charge is 2.17. The second-order valence-corrected chi connectivity index (χ2v) is 3.82. The molecule has 8 heteroatoms. The van der Waals surface area contributed by atoms with Crippen molar-refractivity contribution in [3.05, 3.63) is 33.3 Å². The summed E-state index contributed by atoms with van der Waals surface area (Å²) >= 11 is 5.85. The summed E-state index contributed by atoms with van der Waals surface area (Å²) in [6.07, 6.45) is -0.183. The van der Waals surface area contributed by atoms with E-state index in [0.29, 0.717) is 6.42 Å². The normalized spacial score (nSPS) is 13.1. The van der Waals surface area contributed by atoms with Crippen molar-refractivity contribution in [2.24, 2.45) is 10.9 Å². The highest BCUT2D eigenvalue weighted by molar-refractivity contribution is 6.32. The molecule has 0 fully saturated rings. The molecule has 0 aromatic heterocycles. The zero-order valence-corrected chi connectivity index (χ0v) is 10.3. The first kappa shape index (κ1) is 14.0. The molecule has 98 valence electrons. The van der Waals surface area contributed by atoms with Gasteiger partial charge in [0.15, 0.2) is 11.9 Å². The lowest BCUT2D eigenvalue weighted by atomic mass is 10.2. The van der Waals surface area contributed by atoms with Gasteiger partial charge in [-0.2, -0.15) is 0 Å². The van der Waals surface area contributed by atoms with E-state index >= 15 is 0 Å². The predicted molar refractivity (Wildman–Crippen MR) is 66.2 cm³/mol. The van der Waals surface area contributed by atoms with Gasteiger partial charge in [0.2, 0.25) is 0 Å². The molecule has 0 spiro atoms. The Morgan fingerprint density at radius 1 is 1.72 bits per heavy atom. The maximum Gasteiger partial charge on any atom is 0.271 e. The number of halogens is 1. The number of oxime groups is 1. The lowest BCUT2D eigenvalue weighted by Gasteiger charge is -2.16. The number of nitro groups is 1. The van der Waals surface area contributed by atoms with Crippen LogP contribution in [-0.4, -0.2) is 22.1 Å². The Balaban J connectivity index is 2.94. The van der Waals surface area contributed by atoms with Gasteiger partial charge in [-0.25, -0.2) is 0 Å². The van der Waals surface area contributed by atoms with Crippen LogP contribution in [0, 0.1) is 10.1 Å². The van der Waals surface area contributed by atoms with Gasteiger partial charge in [-0.15, -0.1) is 0 Å². The van der Waals surface area contributed by atoms with Gasteiger partial charge < -0.3 is 15.7 Å². The van der Waals surface area contributed by atoms with E-state index in [-0.39, 0.29) is 22.3 Å². The summed E-state index contributed by atoms with van der Waals surface area (Å²) < 4.78 is 5.41. The van der Waals surface area contributed by atoms with E-state index < -0.39 is 11.0 Å². The zero-order valence-electron chi connectivity index (χ0n) is 9.54. The van der Waals surface area contributed by atoms with E-state index in [4.69, 9.17) is 27.3 Å². The molecule has 0 aliphatic heterocycles. The molecule has 1 atom stereocenters. The average Bonchev–Trinajstić information content (AvgIpc) is 2.36. The Morgan fingerprint density at radius 3 is 2.83 bits per heavy atom. The predicted octanol–water partition coefficient (Wildman–Crippen LogP) is 2.15. The molecule has 18 heavy (non-hydrogen) atoms. The van der Waals surface area contributed by atoms with E-state index in [1.807, 2.05) is 0 Å². The molecule has 1 aromatic rings.